The van der Waals surface area contributed by atoms with E-state index in [2.05, 4.69) is 50.9 Å². The number of rotatable bonds is 4. The maximum atomic E-state index is 5.69. The lowest BCUT2D eigenvalue weighted by Gasteiger charge is -2.28. The summed E-state index contributed by atoms with van der Waals surface area (Å²) >= 11 is 5.69. The van der Waals surface area contributed by atoms with E-state index in [9.17, 15) is 0 Å². The van der Waals surface area contributed by atoms with E-state index < -0.39 is 0 Å². The van der Waals surface area contributed by atoms with Gasteiger partial charge in [-0.3, -0.25) is 9.97 Å². The van der Waals surface area contributed by atoms with Crippen LogP contribution in [0.5, 0.6) is 0 Å². The van der Waals surface area contributed by atoms with Gasteiger partial charge in [-0.2, -0.15) is 0 Å². The van der Waals surface area contributed by atoms with E-state index in [4.69, 9.17) is 12.2 Å². The van der Waals surface area contributed by atoms with Gasteiger partial charge in [0.15, 0.2) is 5.11 Å². The van der Waals surface area contributed by atoms with Gasteiger partial charge in [0, 0.05) is 30.8 Å². The molecule has 3 aromatic heterocycles. The van der Waals surface area contributed by atoms with E-state index in [-0.39, 0.29) is 12.1 Å². The Morgan fingerprint density at radius 3 is 2.42 bits per heavy atom. The number of nitrogens with zero attached hydrogens (tertiary/aromatic N) is 4. The summed E-state index contributed by atoms with van der Waals surface area (Å²) in [7, 11) is 2.10. The summed E-state index contributed by atoms with van der Waals surface area (Å²) in [6.07, 6.45) is 3.65. The molecule has 1 aliphatic heterocycles. The highest BCUT2D eigenvalue weighted by atomic mass is 32.1. The average Bonchev–Trinajstić information content (AvgIpc) is 3.17. The Morgan fingerprint density at radius 2 is 1.81 bits per heavy atom. The quantitative estimate of drug-likeness (QED) is 0.721. The zero-order valence-corrected chi connectivity index (χ0v) is 15.6. The molecule has 0 saturated carbocycles. The SMILES string of the molecule is Cc1ccc([C@H]2[C@@H](c3ccccn3)NC(=S)N2Cc2ccccn2)n1C. The smallest absolute Gasteiger partial charge is 0.170 e. The molecule has 1 fully saturated rings. The molecule has 1 saturated heterocycles. The third-order valence-electron chi connectivity index (χ3n) is 4.97. The fourth-order valence-corrected chi connectivity index (χ4v) is 3.80. The van der Waals surface area contributed by atoms with Gasteiger partial charge >= 0.3 is 0 Å². The highest BCUT2D eigenvalue weighted by Crippen LogP contribution is 2.39. The second-order valence-electron chi connectivity index (χ2n) is 6.53. The Kier molecular flexibility index (Phi) is 4.42. The lowest BCUT2D eigenvalue weighted by atomic mass is 10.0. The van der Waals surface area contributed by atoms with Crippen molar-refractivity contribution in [2.24, 2.45) is 7.05 Å². The molecule has 6 heteroatoms. The van der Waals surface area contributed by atoms with Crippen molar-refractivity contribution in [2.75, 3.05) is 0 Å². The van der Waals surface area contributed by atoms with Crippen molar-refractivity contribution in [1.82, 2.24) is 24.8 Å². The predicted molar refractivity (Wildman–Crippen MR) is 105 cm³/mol. The lowest BCUT2D eigenvalue weighted by Crippen LogP contribution is -2.30. The van der Waals surface area contributed by atoms with Crippen LogP contribution in [0.2, 0.25) is 0 Å². The Hall–Kier alpha value is -2.73. The molecule has 0 unspecified atom stereocenters. The maximum Gasteiger partial charge on any atom is 0.170 e. The normalized spacial score (nSPS) is 19.6. The van der Waals surface area contributed by atoms with Crippen LogP contribution in [0.25, 0.3) is 0 Å². The highest BCUT2D eigenvalue weighted by Gasteiger charge is 2.41. The molecule has 5 nitrogen and oxygen atoms in total. The maximum absolute atomic E-state index is 5.69. The van der Waals surface area contributed by atoms with Crippen LogP contribution in [0, 0.1) is 6.92 Å². The fourth-order valence-electron chi connectivity index (χ4n) is 3.49. The largest absolute Gasteiger partial charge is 0.352 e. The van der Waals surface area contributed by atoms with Crippen LogP contribution >= 0.6 is 12.2 Å². The van der Waals surface area contributed by atoms with Crippen LogP contribution in [0.1, 0.15) is 34.9 Å². The molecule has 1 N–H and O–H groups in total. The Labute approximate surface area is 158 Å². The second kappa shape index (κ2) is 6.88. The van der Waals surface area contributed by atoms with Crippen LogP contribution in [-0.4, -0.2) is 24.5 Å². The standard InChI is InChI=1S/C20H21N5S/c1-14-9-10-17(24(14)2)19-18(16-8-4-6-12-22-16)23-20(26)25(19)13-15-7-3-5-11-21-15/h3-12,18-19H,13H2,1-2H3,(H,23,26)/t18-,19+/m1/s1. The van der Waals surface area contributed by atoms with Gasteiger partial charge in [-0.05, 0) is 55.5 Å². The third kappa shape index (κ3) is 2.97. The van der Waals surface area contributed by atoms with Crippen LogP contribution in [0.4, 0.5) is 0 Å². The molecule has 2 atom stereocenters. The molecule has 26 heavy (non-hydrogen) atoms. The van der Waals surface area contributed by atoms with Crippen molar-refractivity contribution in [3.8, 4) is 0 Å². The first-order valence-electron chi connectivity index (χ1n) is 8.65. The summed E-state index contributed by atoms with van der Waals surface area (Å²) in [5.41, 5.74) is 4.41. The summed E-state index contributed by atoms with van der Waals surface area (Å²) in [5.74, 6) is 0. The van der Waals surface area contributed by atoms with Gasteiger partial charge in [0.25, 0.3) is 0 Å². The van der Waals surface area contributed by atoms with E-state index in [1.165, 1.54) is 11.4 Å². The van der Waals surface area contributed by atoms with Crippen molar-refractivity contribution in [3.05, 3.63) is 83.7 Å². The zero-order valence-electron chi connectivity index (χ0n) is 14.8. The van der Waals surface area contributed by atoms with Gasteiger partial charge < -0.3 is 14.8 Å². The predicted octanol–water partition coefficient (Wildman–Crippen LogP) is 3.30. The molecule has 1 aliphatic rings. The number of nitrogens with one attached hydrogen (secondary N) is 1. The number of aromatic nitrogens is 3. The van der Waals surface area contributed by atoms with Gasteiger partial charge in [0.05, 0.1) is 30.0 Å². The monoisotopic (exact) mass is 363 g/mol. The molecule has 3 aromatic rings. The summed E-state index contributed by atoms with van der Waals surface area (Å²) in [5, 5.41) is 4.21. The van der Waals surface area contributed by atoms with Crippen molar-refractivity contribution in [1.29, 1.82) is 0 Å². The molecule has 0 spiro atoms. The number of thiocarbonyl (C=S) groups is 1. The van der Waals surface area contributed by atoms with Crippen molar-refractivity contribution in [3.63, 3.8) is 0 Å². The van der Waals surface area contributed by atoms with Gasteiger partial charge in [0.1, 0.15) is 0 Å². The molecule has 132 valence electrons. The number of pyridine rings is 2. The van der Waals surface area contributed by atoms with E-state index in [1.54, 1.807) is 0 Å². The van der Waals surface area contributed by atoms with E-state index in [0.717, 1.165) is 16.5 Å². The molecular formula is C20H21N5S. The van der Waals surface area contributed by atoms with Crippen molar-refractivity contribution >= 4 is 17.3 Å². The first kappa shape index (κ1) is 16.7. The van der Waals surface area contributed by atoms with Crippen molar-refractivity contribution < 1.29 is 0 Å². The van der Waals surface area contributed by atoms with Crippen LogP contribution in [-0.2, 0) is 13.6 Å². The van der Waals surface area contributed by atoms with E-state index >= 15 is 0 Å². The molecule has 0 amide bonds. The molecule has 4 heterocycles. The fraction of sp³-hybridized carbons (Fsp3) is 0.250. The molecule has 4 rings (SSSR count). The minimum Gasteiger partial charge on any atom is -0.352 e. The van der Waals surface area contributed by atoms with Gasteiger partial charge in [-0.1, -0.05) is 12.1 Å². The molecule has 0 radical (unpaired) electrons. The minimum absolute atomic E-state index is 0.000382. The summed E-state index contributed by atoms with van der Waals surface area (Å²) in [6, 6.07) is 16.3. The topological polar surface area (TPSA) is 46.0 Å². The summed E-state index contributed by atoms with van der Waals surface area (Å²) in [6.45, 7) is 2.77. The third-order valence-corrected chi connectivity index (χ3v) is 5.32. The number of hydrogen-bond donors (Lipinski definition) is 1. The Morgan fingerprint density at radius 1 is 1.04 bits per heavy atom. The Balaban J connectivity index is 1.76. The van der Waals surface area contributed by atoms with Crippen LogP contribution < -0.4 is 5.32 Å². The Bertz CT molecular complexity index is 906. The second-order valence-corrected chi connectivity index (χ2v) is 6.92. The van der Waals surface area contributed by atoms with Gasteiger partial charge in [-0.15, -0.1) is 0 Å². The van der Waals surface area contributed by atoms with Gasteiger partial charge in [-0.25, -0.2) is 0 Å². The van der Waals surface area contributed by atoms with Gasteiger partial charge in [0.2, 0.25) is 0 Å². The summed E-state index contributed by atoms with van der Waals surface area (Å²) in [4.78, 5) is 11.3. The zero-order chi connectivity index (χ0) is 18.1. The van der Waals surface area contributed by atoms with Crippen LogP contribution in [0.15, 0.2) is 60.9 Å². The summed E-state index contributed by atoms with van der Waals surface area (Å²) < 4.78 is 2.22. The average molecular weight is 363 g/mol. The molecule has 0 aromatic carbocycles. The minimum atomic E-state index is 0.000382. The number of aryl methyl sites for hydroxylation is 1. The molecule has 0 aliphatic carbocycles. The molecular weight excluding hydrogens is 342 g/mol. The first-order valence-corrected chi connectivity index (χ1v) is 9.06. The lowest BCUT2D eigenvalue weighted by molar-refractivity contribution is 0.296. The number of hydrogen-bond acceptors (Lipinski definition) is 3. The molecule has 0 bridgehead atoms. The highest BCUT2D eigenvalue weighted by molar-refractivity contribution is 7.80. The first-order chi connectivity index (χ1) is 12.6. The van der Waals surface area contributed by atoms with Crippen molar-refractivity contribution in [2.45, 2.75) is 25.6 Å². The van der Waals surface area contributed by atoms with E-state index in [1.807, 2.05) is 48.8 Å². The van der Waals surface area contributed by atoms with E-state index in [0.29, 0.717) is 6.54 Å². The van der Waals surface area contributed by atoms with Crippen LogP contribution in [0.3, 0.4) is 0 Å².